The fourth-order valence-electron chi connectivity index (χ4n) is 2.06. The Morgan fingerprint density at radius 2 is 1.44 bits per heavy atom. The molecule has 0 aromatic heterocycles. The Morgan fingerprint density at radius 3 is 1.59 bits per heavy atom. The molecule has 3 aliphatic rings. The number of ketones is 1. The van der Waals surface area contributed by atoms with Gasteiger partial charge in [0.25, 0.3) is 0 Å². The number of aliphatic hydroxyl groups excluding tert-OH is 4. The van der Waals surface area contributed by atoms with E-state index in [2.05, 4.69) is 29.6 Å². The van der Waals surface area contributed by atoms with E-state index >= 15 is 0 Å². The third-order valence-electron chi connectivity index (χ3n) is 3.98. The molecule has 0 aromatic carbocycles. The van der Waals surface area contributed by atoms with Gasteiger partial charge in [-0.25, -0.2) is 4.79 Å². The van der Waals surface area contributed by atoms with Crippen LogP contribution in [0.3, 0.4) is 0 Å². The molecule has 0 bridgehead atoms. The highest BCUT2D eigenvalue weighted by atomic mass is 16.5. The Hall–Kier alpha value is -2.60. The summed E-state index contributed by atoms with van der Waals surface area (Å²) in [5.74, 6) is -0.560. The van der Waals surface area contributed by atoms with Crippen molar-refractivity contribution in [2.24, 2.45) is 11.8 Å². The van der Waals surface area contributed by atoms with Crippen molar-refractivity contribution in [1.29, 1.82) is 0 Å². The molecule has 3 rings (SSSR count). The first-order chi connectivity index (χ1) is 15.3. The molecule has 0 saturated carbocycles. The van der Waals surface area contributed by atoms with Crippen LogP contribution in [0.1, 0.15) is 26.2 Å². The normalized spacial score (nSPS) is 20.3. The van der Waals surface area contributed by atoms with Crippen LogP contribution >= 0.6 is 0 Å². The van der Waals surface area contributed by atoms with E-state index in [0.717, 1.165) is 6.42 Å². The molecule has 11 heteroatoms. The molecule has 184 valence electrons. The molecule has 2 unspecified atom stereocenters. The van der Waals surface area contributed by atoms with Crippen LogP contribution in [-0.4, -0.2) is 90.4 Å². The van der Waals surface area contributed by atoms with Crippen molar-refractivity contribution in [3.8, 4) is 0 Å². The van der Waals surface area contributed by atoms with Crippen LogP contribution in [0.25, 0.3) is 0 Å². The SMILES string of the molecule is C=C.CCC1COC(=O)C1.O=C(CO)CO.O=C1C=C(CO)CO1.O=C1CC(CO)CO1. The van der Waals surface area contributed by atoms with E-state index in [-0.39, 0.29) is 43.6 Å². The van der Waals surface area contributed by atoms with Crippen LogP contribution in [0.4, 0.5) is 0 Å². The summed E-state index contributed by atoms with van der Waals surface area (Å²) in [4.78, 5) is 40.6. The van der Waals surface area contributed by atoms with Crippen LogP contribution < -0.4 is 0 Å². The van der Waals surface area contributed by atoms with E-state index in [0.29, 0.717) is 37.5 Å². The summed E-state index contributed by atoms with van der Waals surface area (Å²) in [6.45, 7) is 8.25. The van der Waals surface area contributed by atoms with Crippen LogP contribution in [-0.2, 0) is 33.4 Å². The minimum Gasteiger partial charge on any atom is -0.465 e. The van der Waals surface area contributed by atoms with E-state index in [1.807, 2.05) is 0 Å². The highest BCUT2D eigenvalue weighted by Gasteiger charge is 2.22. The highest BCUT2D eigenvalue weighted by Crippen LogP contribution is 2.16. The maximum Gasteiger partial charge on any atom is 0.331 e. The Kier molecular flexibility index (Phi) is 20.0. The van der Waals surface area contributed by atoms with Crippen LogP contribution in [0, 0.1) is 11.8 Å². The van der Waals surface area contributed by atoms with Gasteiger partial charge in [0, 0.05) is 24.5 Å². The maximum absolute atomic E-state index is 10.4. The molecule has 4 N–H and O–H groups in total. The molecular formula is C21H34O11. The summed E-state index contributed by atoms with van der Waals surface area (Å²) < 4.78 is 13.7. The van der Waals surface area contributed by atoms with Crippen LogP contribution in [0.15, 0.2) is 24.8 Å². The van der Waals surface area contributed by atoms with Crippen LogP contribution in [0.2, 0.25) is 0 Å². The van der Waals surface area contributed by atoms with E-state index in [4.69, 9.17) is 25.2 Å². The zero-order valence-corrected chi connectivity index (χ0v) is 18.4. The van der Waals surface area contributed by atoms with Gasteiger partial charge in [-0.3, -0.25) is 14.4 Å². The van der Waals surface area contributed by atoms with Crippen molar-refractivity contribution < 1.29 is 53.8 Å². The molecule has 2 saturated heterocycles. The largest absolute Gasteiger partial charge is 0.465 e. The third-order valence-corrected chi connectivity index (χ3v) is 3.98. The molecule has 0 aromatic rings. The van der Waals surface area contributed by atoms with Crippen molar-refractivity contribution in [3.05, 3.63) is 24.8 Å². The standard InChI is InChI=1S/C6H10O2.C5H8O3.C5H6O3.C3H6O3.C2H4/c1-2-5-3-6(7)8-4-5;2*6-2-4-1-5(7)8-3-4;4-1-3(6)2-5;1-2/h5H,2-4H2,1H3;4,6H,1-3H2;1,6H,2-3H2;4-5H,1-2H2;1-2H2. The van der Waals surface area contributed by atoms with Crippen molar-refractivity contribution in [1.82, 2.24) is 0 Å². The molecule has 2 fully saturated rings. The minimum atomic E-state index is -0.559. The molecular weight excluding hydrogens is 428 g/mol. The molecule has 11 nitrogen and oxygen atoms in total. The van der Waals surface area contributed by atoms with Gasteiger partial charge in [-0.1, -0.05) is 6.92 Å². The summed E-state index contributed by atoms with van der Waals surface area (Å²) in [6.07, 6.45) is 3.39. The van der Waals surface area contributed by atoms with Crippen molar-refractivity contribution >= 4 is 23.7 Å². The lowest BCUT2D eigenvalue weighted by molar-refractivity contribution is -0.138. The summed E-state index contributed by atoms with van der Waals surface area (Å²) in [7, 11) is 0. The molecule has 32 heavy (non-hydrogen) atoms. The van der Waals surface area contributed by atoms with E-state index in [1.165, 1.54) is 6.08 Å². The number of rotatable bonds is 5. The number of ether oxygens (including phenoxy) is 3. The average molecular weight is 462 g/mol. The summed E-state index contributed by atoms with van der Waals surface area (Å²) >= 11 is 0. The van der Waals surface area contributed by atoms with E-state index in [1.54, 1.807) is 0 Å². The van der Waals surface area contributed by atoms with Crippen molar-refractivity contribution in [3.63, 3.8) is 0 Å². The second-order valence-electron chi connectivity index (χ2n) is 6.52. The minimum absolute atomic E-state index is 0.0307. The average Bonchev–Trinajstić information content (AvgIpc) is 3.56. The number of carbonyl (C=O) groups excluding carboxylic acids is 4. The molecule has 0 radical (unpaired) electrons. The Bertz CT molecular complexity index is 569. The second kappa shape index (κ2) is 20.3. The van der Waals surface area contributed by atoms with Crippen LogP contribution in [0.5, 0.6) is 0 Å². The fraction of sp³-hybridized carbons (Fsp3) is 0.619. The van der Waals surface area contributed by atoms with E-state index in [9.17, 15) is 19.2 Å². The summed E-state index contributed by atoms with van der Waals surface area (Å²) in [5, 5.41) is 32.5. The number of aliphatic hydroxyl groups is 4. The number of Topliss-reactive ketones (excluding diaryl/α,β-unsaturated/α-hetero) is 1. The van der Waals surface area contributed by atoms with Gasteiger partial charge < -0.3 is 34.6 Å². The fourth-order valence-corrected chi connectivity index (χ4v) is 2.06. The van der Waals surface area contributed by atoms with Gasteiger partial charge in [-0.05, 0) is 12.0 Å². The molecule has 0 aliphatic carbocycles. The topological polar surface area (TPSA) is 177 Å². The highest BCUT2D eigenvalue weighted by molar-refractivity contribution is 5.85. The van der Waals surface area contributed by atoms with Gasteiger partial charge in [0.15, 0.2) is 5.78 Å². The first-order valence-corrected chi connectivity index (χ1v) is 9.92. The molecule has 0 amide bonds. The number of carbonyl (C=O) groups is 4. The van der Waals surface area contributed by atoms with Gasteiger partial charge >= 0.3 is 17.9 Å². The van der Waals surface area contributed by atoms with Gasteiger partial charge in [0.2, 0.25) is 0 Å². The first kappa shape index (κ1) is 31.6. The predicted molar refractivity (Wildman–Crippen MR) is 112 cm³/mol. The molecule has 3 aliphatic heterocycles. The predicted octanol–water partition coefficient (Wildman–Crippen LogP) is -0.694. The lowest BCUT2D eigenvalue weighted by Crippen LogP contribution is -2.07. The van der Waals surface area contributed by atoms with Gasteiger partial charge in [-0.15, -0.1) is 13.2 Å². The number of esters is 3. The van der Waals surface area contributed by atoms with Gasteiger partial charge in [-0.2, -0.15) is 0 Å². The second-order valence-corrected chi connectivity index (χ2v) is 6.52. The van der Waals surface area contributed by atoms with Crippen molar-refractivity contribution in [2.45, 2.75) is 26.2 Å². The number of cyclic esters (lactones) is 3. The molecule has 2 atom stereocenters. The Labute approximate surface area is 187 Å². The zero-order valence-electron chi connectivity index (χ0n) is 18.4. The zero-order chi connectivity index (χ0) is 24.9. The molecule has 3 heterocycles. The van der Waals surface area contributed by atoms with E-state index < -0.39 is 19.0 Å². The third kappa shape index (κ3) is 16.1. The lowest BCUT2D eigenvalue weighted by atomic mass is 10.1. The first-order valence-electron chi connectivity index (χ1n) is 9.92. The summed E-state index contributed by atoms with van der Waals surface area (Å²) in [6, 6.07) is 0. The number of hydrogen-bond donors (Lipinski definition) is 4. The summed E-state index contributed by atoms with van der Waals surface area (Å²) in [5.41, 5.74) is 0.648. The van der Waals surface area contributed by atoms with Gasteiger partial charge in [0.1, 0.15) is 19.8 Å². The Morgan fingerprint density at radius 1 is 0.938 bits per heavy atom. The lowest BCUT2D eigenvalue weighted by Gasteiger charge is -1.95. The van der Waals surface area contributed by atoms with Crippen molar-refractivity contribution in [2.75, 3.05) is 46.2 Å². The Balaban J connectivity index is 0. The maximum atomic E-state index is 10.4. The van der Waals surface area contributed by atoms with Gasteiger partial charge in [0.05, 0.1) is 32.7 Å². The quantitative estimate of drug-likeness (QED) is 0.231. The molecule has 0 spiro atoms. The number of hydrogen-bond acceptors (Lipinski definition) is 11. The smallest absolute Gasteiger partial charge is 0.331 e. The monoisotopic (exact) mass is 462 g/mol.